The molecule has 0 saturated carbocycles. The third kappa shape index (κ3) is 2.80. The first kappa shape index (κ1) is 13.1. The number of esters is 1. The summed E-state index contributed by atoms with van der Waals surface area (Å²) in [7, 11) is 1.36. The van der Waals surface area contributed by atoms with Crippen molar-refractivity contribution in [3.63, 3.8) is 0 Å². The van der Waals surface area contributed by atoms with E-state index in [4.69, 9.17) is 0 Å². The third-order valence-electron chi connectivity index (χ3n) is 2.49. The van der Waals surface area contributed by atoms with E-state index in [-0.39, 0.29) is 13.0 Å². The Balaban J connectivity index is 2.79. The molecule has 3 amide bonds. The first-order valence-corrected chi connectivity index (χ1v) is 5.23. The molecule has 7 nitrogen and oxygen atoms in total. The Morgan fingerprint density at radius 1 is 1.35 bits per heavy atom. The van der Waals surface area contributed by atoms with Crippen molar-refractivity contribution in [3.05, 3.63) is 0 Å². The molecule has 0 aromatic carbocycles. The van der Waals surface area contributed by atoms with Gasteiger partial charge < -0.3 is 10.1 Å². The zero-order chi connectivity index (χ0) is 13.0. The molecule has 0 spiro atoms. The summed E-state index contributed by atoms with van der Waals surface area (Å²) >= 11 is 0. The van der Waals surface area contributed by atoms with Crippen LogP contribution in [0.25, 0.3) is 0 Å². The number of carbonyl (C=O) groups excluding carboxylic acids is 4. The Kier molecular flexibility index (Phi) is 4.19. The predicted molar refractivity (Wildman–Crippen MR) is 55.4 cm³/mol. The third-order valence-corrected chi connectivity index (χ3v) is 2.49. The number of amides is 3. The van der Waals surface area contributed by atoms with Crippen LogP contribution in [-0.4, -0.2) is 37.3 Å². The van der Waals surface area contributed by atoms with Gasteiger partial charge in [0.1, 0.15) is 5.92 Å². The summed E-state index contributed by atoms with van der Waals surface area (Å²) in [5.41, 5.74) is 0. The van der Waals surface area contributed by atoms with Crippen molar-refractivity contribution in [2.75, 3.05) is 13.7 Å². The van der Waals surface area contributed by atoms with Gasteiger partial charge in [0, 0.05) is 7.05 Å². The maximum absolute atomic E-state index is 11.4. The van der Waals surface area contributed by atoms with Crippen molar-refractivity contribution in [1.82, 2.24) is 10.6 Å². The van der Waals surface area contributed by atoms with E-state index in [0.717, 1.165) is 0 Å². The predicted octanol–water partition coefficient (Wildman–Crippen LogP) is -1.43. The summed E-state index contributed by atoms with van der Waals surface area (Å²) in [6.07, 6.45) is -0.274. The van der Waals surface area contributed by atoms with Crippen LogP contribution in [0, 0.1) is 11.8 Å². The number of ether oxygens (including phenoxy) is 1. The van der Waals surface area contributed by atoms with Gasteiger partial charge in [0.05, 0.1) is 18.9 Å². The monoisotopic (exact) mass is 242 g/mol. The molecule has 1 aliphatic heterocycles. The van der Waals surface area contributed by atoms with Crippen LogP contribution in [0.5, 0.6) is 0 Å². The molecule has 1 heterocycles. The van der Waals surface area contributed by atoms with E-state index < -0.39 is 35.5 Å². The first-order valence-electron chi connectivity index (χ1n) is 5.23. The molecule has 94 valence electrons. The van der Waals surface area contributed by atoms with Crippen molar-refractivity contribution in [2.24, 2.45) is 11.8 Å². The molecule has 0 aromatic heterocycles. The molecule has 1 saturated heterocycles. The van der Waals surface area contributed by atoms with Crippen LogP contribution in [0.1, 0.15) is 13.3 Å². The Labute approximate surface area is 97.9 Å². The lowest BCUT2D eigenvalue weighted by Crippen LogP contribution is -2.36. The highest BCUT2D eigenvalue weighted by Crippen LogP contribution is 2.23. The summed E-state index contributed by atoms with van der Waals surface area (Å²) in [6.45, 7) is 1.82. The van der Waals surface area contributed by atoms with Gasteiger partial charge in [-0.1, -0.05) is 0 Å². The second-order valence-corrected chi connectivity index (χ2v) is 3.56. The molecule has 2 N–H and O–H groups in total. The molecule has 0 aromatic rings. The van der Waals surface area contributed by atoms with Crippen molar-refractivity contribution in [1.29, 1.82) is 0 Å². The van der Waals surface area contributed by atoms with E-state index in [9.17, 15) is 19.2 Å². The number of rotatable bonds is 4. The maximum atomic E-state index is 11.4. The minimum absolute atomic E-state index is 0.186. The normalized spacial score (nSPS) is 23.2. The lowest BCUT2D eigenvalue weighted by molar-refractivity contribution is -0.147. The van der Waals surface area contributed by atoms with Gasteiger partial charge in [-0.25, -0.2) is 0 Å². The van der Waals surface area contributed by atoms with Crippen LogP contribution in [0.4, 0.5) is 0 Å². The number of imide groups is 1. The van der Waals surface area contributed by atoms with Crippen LogP contribution in [0.3, 0.4) is 0 Å². The van der Waals surface area contributed by atoms with Crippen molar-refractivity contribution in [3.8, 4) is 0 Å². The fourth-order valence-electron chi connectivity index (χ4n) is 1.69. The van der Waals surface area contributed by atoms with Gasteiger partial charge in [0.25, 0.3) is 0 Å². The molecule has 0 radical (unpaired) electrons. The summed E-state index contributed by atoms with van der Waals surface area (Å²) in [5.74, 6) is -4.61. The Morgan fingerprint density at radius 2 is 2.00 bits per heavy atom. The van der Waals surface area contributed by atoms with Crippen LogP contribution in [-0.2, 0) is 23.9 Å². The SMILES string of the molecule is CCOC(=O)C[C@@H]1C(=O)NC(=O)[C@H]1C(=O)NC. The quantitative estimate of drug-likeness (QED) is 0.357. The highest BCUT2D eigenvalue weighted by atomic mass is 16.5. The lowest BCUT2D eigenvalue weighted by atomic mass is 9.91. The smallest absolute Gasteiger partial charge is 0.306 e. The van der Waals surface area contributed by atoms with Crippen LogP contribution < -0.4 is 10.6 Å². The molecular weight excluding hydrogens is 228 g/mol. The number of hydrogen-bond acceptors (Lipinski definition) is 5. The van der Waals surface area contributed by atoms with Crippen LogP contribution >= 0.6 is 0 Å². The van der Waals surface area contributed by atoms with Gasteiger partial charge in [0.15, 0.2) is 0 Å². The lowest BCUT2D eigenvalue weighted by Gasteiger charge is -2.12. The first-order chi connectivity index (χ1) is 8.01. The van der Waals surface area contributed by atoms with Gasteiger partial charge in [-0.2, -0.15) is 0 Å². The Hall–Kier alpha value is -1.92. The molecular formula is C10H14N2O5. The molecule has 0 unspecified atom stereocenters. The summed E-state index contributed by atoms with van der Waals surface area (Å²) in [5, 5.41) is 4.32. The van der Waals surface area contributed by atoms with E-state index in [1.165, 1.54) is 7.05 Å². The number of carbonyl (C=O) groups is 4. The summed E-state index contributed by atoms with van der Waals surface area (Å²) in [6, 6.07) is 0. The summed E-state index contributed by atoms with van der Waals surface area (Å²) in [4.78, 5) is 45.5. The molecule has 1 rings (SSSR count). The second kappa shape index (κ2) is 5.42. The molecule has 0 aliphatic carbocycles. The molecule has 0 bridgehead atoms. The highest BCUT2D eigenvalue weighted by molar-refractivity contribution is 6.15. The van der Waals surface area contributed by atoms with E-state index in [0.29, 0.717) is 0 Å². The molecule has 1 aliphatic rings. The number of nitrogens with one attached hydrogen (secondary N) is 2. The minimum atomic E-state index is -1.16. The van der Waals surface area contributed by atoms with Gasteiger partial charge in [-0.05, 0) is 6.92 Å². The van der Waals surface area contributed by atoms with Crippen molar-refractivity contribution >= 4 is 23.7 Å². The number of hydrogen-bond donors (Lipinski definition) is 2. The Morgan fingerprint density at radius 3 is 2.53 bits per heavy atom. The van der Waals surface area contributed by atoms with Gasteiger partial charge in [-0.15, -0.1) is 0 Å². The van der Waals surface area contributed by atoms with Crippen LogP contribution in [0.2, 0.25) is 0 Å². The Bertz CT molecular complexity index is 366. The van der Waals surface area contributed by atoms with Crippen molar-refractivity contribution in [2.45, 2.75) is 13.3 Å². The van der Waals surface area contributed by atoms with E-state index in [2.05, 4.69) is 10.1 Å². The zero-order valence-electron chi connectivity index (χ0n) is 9.61. The minimum Gasteiger partial charge on any atom is -0.466 e. The van der Waals surface area contributed by atoms with Gasteiger partial charge >= 0.3 is 5.97 Å². The molecule has 1 fully saturated rings. The molecule has 17 heavy (non-hydrogen) atoms. The largest absolute Gasteiger partial charge is 0.466 e. The van der Waals surface area contributed by atoms with E-state index >= 15 is 0 Å². The zero-order valence-corrected chi connectivity index (χ0v) is 9.61. The fourth-order valence-corrected chi connectivity index (χ4v) is 1.69. The fraction of sp³-hybridized carbons (Fsp3) is 0.600. The van der Waals surface area contributed by atoms with Gasteiger partial charge in [0.2, 0.25) is 17.7 Å². The van der Waals surface area contributed by atoms with E-state index in [1.54, 1.807) is 6.92 Å². The van der Waals surface area contributed by atoms with Gasteiger partial charge in [-0.3, -0.25) is 24.5 Å². The molecule has 2 atom stereocenters. The topological polar surface area (TPSA) is 102 Å². The summed E-state index contributed by atoms with van der Waals surface area (Å²) < 4.78 is 4.69. The maximum Gasteiger partial charge on any atom is 0.306 e. The van der Waals surface area contributed by atoms with Crippen molar-refractivity contribution < 1.29 is 23.9 Å². The standard InChI is InChI=1S/C10H14N2O5/c1-3-17-6(13)4-5-7(9(15)11-2)10(16)12-8(5)14/h5,7H,3-4H2,1-2H3,(H,11,15)(H,12,14,16)/t5-,7+/m0/s1. The molecule has 7 heteroatoms. The van der Waals surface area contributed by atoms with E-state index in [1.807, 2.05) is 5.32 Å². The second-order valence-electron chi connectivity index (χ2n) is 3.56. The highest BCUT2D eigenvalue weighted by Gasteiger charge is 2.46. The average Bonchev–Trinajstić information content (AvgIpc) is 2.53. The average molecular weight is 242 g/mol. The van der Waals surface area contributed by atoms with Crippen LogP contribution in [0.15, 0.2) is 0 Å².